The second-order valence-electron chi connectivity index (χ2n) is 3.02. The van der Waals surface area contributed by atoms with Crippen molar-refractivity contribution in [3.63, 3.8) is 0 Å². The lowest BCUT2D eigenvalue weighted by Crippen LogP contribution is -2.36. The molecule has 17 heavy (non-hydrogen) atoms. The monoisotopic (exact) mass is 245 g/mol. The number of hydrogen-bond donors (Lipinski definition) is 1. The largest absolute Gasteiger partial charge is 0.466 e. The maximum Gasteiger partial charge on any atom is 0.407 e. The number of rotatable bonds is 5. The third-order valence-electron chi connectivity index (χ3n) is 1.58. The first-order valence-corrected chi connectivity index (χ1v) is 4.76. The Morgan fingerprint density at radius 2 is 1.71 bits per heavy atom. The molecule has 0 aromatic carbocycles. The summed E-state index contributed by atoms with van der Waals surface area (Å²) in [6.45, 7) is 1.60. The van der Waals surface area contributed by atoms with Gasteiger partial charge in [-0.3, -0.25) is 0 Å². The zero-order valence-electron chi connectivity index (χ0n) is 9.89. The Bertz CT molecular complexity index is 312. The van der Waals surface area contributed by atoms with Crippen LogP contribution in [0.15, 0.2) is 12.2 Å². The summed E-state index contributed by atoms with van der Waals surface area (Å²) < 4.78 is 13.4. The molecule has 0 aliphatic rings. The molecule has 1 N–H and O–H groups in total. The van der Waals surface area contributed by atoms with E-state index in [0.717, 1.165) is 12.2 Å². The number of alkyl carbamates (subject to hydrolysis) is 1. The molecule has 0 spiro atoms. The van der Waals surface area contributed by atoms with Crippen LogP contribution in [0.5, 0.6) is 0 Å². The van der Waals surface area contributed by atoms with Gasteiger partial charge in [0.15, 0.2) is 0 Å². The highest BCUT2D eigenvalue weighted by Crippen LogP contribution is 1.89. The average Bonchev–Trinajstić information content (AvgIpc) is 2.32. The van der Waals surface area contributed by atoms with Crippen molar-refractivity contribution in [2.45, 2.75) is 13.0 Å². The van der Waals surface area contributed by atoms with Crippen LogP contribution in [0.1, 0.15) is 6.92 Å². The average molecular weight is 245 g/mol. The van der Waals surface area contributed by atoms with Gasteiger partial charge in [0.1, 0.15) is 6.61 Å². The molecule has 0 unspecified atom stereocenters. The van der Waals surface area contributed by atoms with Gasteiger partial charge in [-0.05, 0) is 6.92 Å². The quantitative estimate of drug-likeness (QED) is 0.416. The SMILES string of the molecule is COC(=O)/C=C/C(=O)OC[C@H](C)NC(=O)OC. The normalized spacial score (nSPS) is 11.7. The fourth-order valence-corrected chi connectivity index (χ4v) is 0.761. The zero-order valence-corrected chi connectivity index (χ0v) is 9.89. The number of hydrogen-bond acceptors (Lipinski definition) is 6. The molecule has 0 aromatic heterocycles. The molecule has 0 fully saturated rings. The van der Waals surface area contributed by atoms with Gasteiger partial charge in [-0.15, -0.1) is 0 Å². The summed E-state index contributed by atoms with van der Waals surface area (Å²) in [5.74, 6) is -1.35. The molecule has 0 bridgehead atoms. The van der Waals surface area contributed by atoms with Crippen LogP contribution < -0.4 is 5.32 Å². The van der Waals surface area contributed by atoms with E-state index in [1.54, 1.807) is 6.92 Å². The Kier molecular flexibility index (Phi) is 7.16. The lowest BCUT2D eigenvalue weighted by Gasteiger charge is -2.12. The molecule has 7 heteroatoms. The van der Waals surface area contributed by atoms with E-state index in [1.807, 2.05) is 0 Å². The van der Waals surface area contributed by atoms with Crippen LogP contribution in [-0.2, 0) is 23.8 Å². The van der Waals surface area contributed by atoms with E-state index >= 15 is 0 Å². The molecule has 0 rings (SSSR count). The van der Waals surface area contributed by atoms with Crippen molar-refractivity contribution in [2.24, 2.45) is 0 Å². The van der Waals surface area contributed by atoms with Gasteiger partial charge < -0.3 is 19.5 Å². The van der Waals surface area contributed by atoms with Crippen molar-refractivity contribution < 1.29 is 28.6 Å². The van der Waals surface area contributed by atoms with Gasteiger partial charge in [0.05, 0.1) is 20.3 Å². The fourth-order valence-electron chi connectivity index (χ4n) is 0.761. The number of ether oxygens (including phenoxy) is 3. The first-order chi connectivity index (χ1) is 7.99. The Morgan fingerprint density at radius 3 is 2.24 bits per heavy atom. The van der Waals surface area contributed by atoms with Crippen LogP contribution in [-0.4, -0.2) is 44.9 Å². The summed E-state index contributed by atoms with van der Waals surface area (Å²) in [4.78, 5) is 32.5. The van der Waals surface area contributed by atoms with Gasteiger partial charge in [0, 0.05) is 12.2 Å². The maximum absolute atomic E-state index is 11.1. The molecule has 1 atom stereocenters. The van der Waals surface area contributed by atoms with Crippen LogP contribution in [0.3, 0.4) is 0 Å². The third-order valence-corrected chi connectivity index (χ3v) is 1.58. The molecular formula is C10H15NO6. The molecule has 1 amide bonds. The van der Waals surface area contributed by atoms with Gasteiger partial charge in [0.25, 0.3) is 0 Å². The van der Waals surface area contributed by atoms with Crippen molar-refractivity contribution in [1.82, 2.24) is 5.32 Å². The molecular weight excluding hydrogens is 230 g/mol. The highest BCUT2D eigenvalue weighted by Gasteiger charge is 2.08. The van der Waals surface area contributed by atoms with Crippen LogP contribution in [0.2, 0.25) is 0 Å². The number of nitrogens with one attached hydrogen (secondary N) is 1. The number of esters is 2. The van der Waals surface area contributed by atoms with Gasteiger partial charge in [-0.2, -0.15) is 0 Å². The van der Waals surface area contributed by atoms with Gasteiger partial charge in [-0.25, -0.2) is 14.4 Å². The summed E-state index contributed by atoms with van der Waals surface area (Å²) in [6, 6.07) is -0.391. The van der Waals surface area contributed by atoms with E-state index in [9.17, 15) is 14.4 Å². The molecule has 0 saturated heterocycles. The molecule has 0 heterocycles. The summed E-state index contributed by atoms with van der Waals surface area (Å²) in [6.07, 6.45) is 1.27. The highest BCUT2D eigenvalue weighted by atomic mass is 16.5. The molecule has 0 radical (unpaired) electrons. The van der Waals surface area contributed by atoms with E-state index in [0.29, 0.717) is 0 Å². The molecule has 0 aliphatic carbocycles. The van der Waals surface area contributed by atoms with E-state index in [2.05, 4.69) is 14.8 Å². The molecule has 0 aliphatic heterocycles. The van der Waals surface area contributed by atoms with Crippen LogP contribution in [0, 0.1) is 0 Å². The van der Waals surface area contributed by atoms with Crippen LogP contribution in [0.25, 0.3) is 0 Å². The van der Waals surface area contributed by atoms with E-state index < -0.39 is 24.1 Å². The van der Waals surface area contributed by atoms with Gasteiger partial charge in [-0.1, -0.05) is 0 Å². The predicted octanol–water partition coefficient (Wildman–Crippen LogP) is 0.00330. The zero-order chi connectivity index (χ0) is 13.3. The number of carbonyl (C=O) groups is 3. The summed E-state index contributed by atoms with van der Waals surface area (Å²) in [5.41, 5.74) is 0. The Labute approximate surface area is 98.7 Å². The van der Waals surface area contributed by atoms with E-state index in [1.165, 1.54) is 14.2 Å². The summed E-state index contributed by atoms with van der Waals surface area (Å²) in [5, 5.41) is 2.41. The Hall–Kier alpha value is -2.05. The van der Waals surface area contributed by atoms with Crippen molar-refractivity contribution in [3.05, 3.63) is 12.2 Å². The van der Waals surface area contributed by atoms with E-state index in [4.69, 9.17) is 4.74 Å². The minimum absolute atomic E-state index is 0.0283. The van der Waals surface area contributed by atoms with Crippen molar-refractivity contribution in [1.29, 1.82) is 0 Å². The topological polar surface area (TPSA) is 90.9 Å². The second kappa shape index (κ2) is 8.14. The molecule has 0 aromatic rings. The second-order valence-corrected chi connectivity index (χ2v) is 3.02. The molecule has 0 saturated carbocycles. The minimum Gasteiger partial charge on any atom is -0.466 e. The minimum atomic E-state index is -0.700. The Balaban J connectivity index is 3.87. The standard InChI is InChI=1S/C10H15NO6/c1-7(11-10(14)16-3)6-17-9(13)5-4-8(12)15-2/h4-5,7H,6H2,1-3H3,(H,11,14)/b5-4+/t7-/m0/s1. The number of methoxy groups -OCH3 is 2. The van der Waals surface area contributed by atoms with Gasteiger partial charge in [0.2, 0.25) is 0 Å². The fraction of sp³-hybridized carbons (Fsp3) is 0.500. The van der Waals surface area contributed by atoms with Crippen LogP contribution >= 0.6 is 0 Å². The number of carbonyl (C=O) groups excluding carboxylic acids is 3. The summed E-state index contributed by atoms with van der Waals surface area (Å²) in [7, 11) is 2.42. The van der Waals surface area contributed by atoms with E-state index in [-0.39, 0.29) is 6.61 Å². The summed E-state index contributed by atoms with van der Waals surface area (Å²) >= 11 is 0. The predicted molar refractivity (Wildman–Crippen MR) is 57.1 cm³/mol. The first-order valence-electron chi connectivity index (χ1n) is 4.76. The van der Waals surface area contributed by atoms with Crippen molar-refractivity contribution >= 4 is 18.0 Å². The Morgan fingerprint density at radius 1 is 1.12 bits per heavy atom. The first kappa shape index (κ1) is 14.9. The van der Waals surface area contributed by atoms with Gasteiger partial charge >= 0.3 is 18.0 Å². The highest BCUT2D eigenvalue weighted by molar-refractivity contribution is 5.91. The van der Waals surface area contributed by atoms with Crippen LogP contribution in [0.4, 0.5) is 4.79 Å². The molecule has 96 valence electrons. The number of amides is 1. The van der Waals surface area contributed by atoms with Crippen molar-refractivity contribution in [3.8, 4) is 0 Å². The lowest BCUT2D eigenvalue weighted by atomic mass is 10.4. The third kappa shape index (κ3) is 7.83. The van der Waals surface area contributed by atoms with Crippen molar-refractivity contribution in [2.75, 3.05) is 20.8 Å². The maximum atomic E-state index is 11.1. The lowest BCUT2D eigenvalue weighted by molar-refractivity contribution is -0.139. The molecule has 7 nitrogen and oxygen atoms in total. The smallest absolute Gasteiger partial charge is 0.407 e.